The zero-order chi connectivity index (χ0) is 10.1. The maximum Gasteiger partial charge on any atom is 0.320 e. The van der Waals surface area contributed by atoms with Crippen molar-refractivity contribution in [3.63, 3.8) is 0 Å². The molecule has 2 fully saturated rings. The van der Waals surface area contributed by atoms with Crippen molar-refractivity contribution >= 4 is 5.97 Å². The van der Waals surface area contributed by atoms with E-state index in [4.69, 9.17) is 5.11 Å². The highest BCUT2D eigenvalue weighted by Gasteiger charge is 2.40. The first-order chi connectivity index (χ1) is 6.68. The Labute approximate surface area is 83.3 Å². The van der Waals surface area contributed by atoms with Gasteiger partial charge in [-0.2, -0.15) is 0 Å². The molecule has 0 radical (unpaired) electrons. The fourth-order valence-corrected chi connectivity index (χ4v) is 2.88. The molecular weight excluding hydrogens is 182 g/mol. The summed E-state index contributed by atoms with van der Waals surface area (Å²) in [6.07, 6.45) is 3.19. The molecule has 1 saturated carbocycles. The molecule has 1 heterocycles. The van der Waals surface area contributed by atoms with Crippen LogP contribution in [-0.2, 0) is 4.79 Å². The SMILES string of the molecule is O=C(O)C1NCCC2CC(O)CCC21. The smallest absolute Gasteiger partial charge is 0.320 e. The molecule has 4 heteroatoms. The Hall–Kier alpha value is -0.610. The predicted octanol–water partition coefficient (Wildman–Crippen LogP) is 0.210. The van der Waals surface area contributed by atoms with Crippen LogP contribution in [-0.4, -0.2) is 34.9 Å². The third kappa shape index (κ3) is 1.77. The Morgan fingerprint density at radius 2 is 2.07 bits per heavy atom. The Bertz CT molecular complexity index is 231. The quantitative estimate of drug-likeness (QED) is 0.564. The van der Waals surface area contributed by atoms with Gasteiger partial charge in [0.15, 0.2) is 0 Å². The van der Waals surface area contributed by atoms with Gasteiger partial charge in [-0.25, -0.2) is 0 Å². The van der Waals surface area contributed by atoms with Crippen molar-refractivity contribution in [2.75, 3.05) is 6.54 Å². The first-order valence-corrected chi connectivity index (χ1v) is 5.32. The Balaban J connectivity index is 2.06. The van der Waals surface area contributed by atoms with Crippen LogP contribution in [0.2, 0.25) is 0 Å². The van der Waals surface area contributed by atoms with E-state index >= 15 is 0 Å². The van der Waals surface area contributed by atoms with E-state index in [2.05, 4.69) is 5.32 Å². The number of carboxylic acid groups (broad SMARTS) is 1. The van der Waals surface area contributed by atoms with E-state index in [0.717, 1.165) is 32.2 Å². The van der Waals surface area contributed by atoms with E-state index < -0.39 is 5.97 Å². The van der Waals surface area contributed by atoms with E-state index in [1.165, 1.54) is 0 Å². The van der Waals surface area contributed by atoms with Gasteiger partial charge in [-0.15, -0.1) is 0 Å². The summed E-state index contributed by atoms with van der Waals surface area (Å²) in [5, 5.41) is 21.6. The average molecular weight is 199 g/mol. The zero-order valence-electron chi connectivity index (χ0n) is 8.15. The van der Waals surface area contributed by atoms with Crippen LogP contribution in [0, 0.1) is 11.8 Å². The van der Waals surface area contributed by atoms with Crippen molar-refractivity contribution in [1.82, 2.24) is 5.32 Å². The molecule has 4 nitrogen and oxygen atoms in total. The second-order valence-electron chi connectivity index (χ2n) is 4.45. The molecule has 2 rings (SSSR count). The van der Waals surface area contributed by atoms with Crippen molar-refractivity contribution < 1.29 is 15.0 Å². The molecule has 0 aromatic rings. The molecule has 1 saturated heterocycles. The molecule has 14 heavy (non-hydrogen) atoms. The van der Waals surface area contributed by atoms with Gasteiger partial charge in [0.05, 0.1) is 6.10 Å². The van der Waals surface area contributed by atoms with Gasteiger partial charge in [-0.3, -0.25) is 4.79 Å². The van der Waals surface area contributed by atoms with Gasteiger partial charge < -0.3 is 15.5 Å². The molecule has 0 spiro atoms. The van der Waals surface area contributed by atoms with E-state index in [9.17, 15) is 9.90 Å². The third-order valence-corrected chi connectivity index (χ3v) is 3.59. The maximum atomic E-state index is 11.0. The Morgan fingerprint density at radius 1 is 1.29 bits per heavy atom. The lowest BCUT2D eigenvalue weighted by molar-refractivity contribution is -0.143. The monoisotopic (exact) mass is 199 g/mol. The summed E-state index contributed by atoms with van der Waals surface area (Å²) in [4.78, 5) is 11.0. The normalized spacial score (nSPS) is 42.9. The summed E-state index contributed by atoms with van der Waals surface area (Å²) in [6.45, 7) is 0.769. The van der Waals surface area contributed by atoms with Crippen LogP contribution in [0.15, 0.2) is 0 Å². The van der Waals surface area contributed by atoms with Crippen molar-refractivity contribution in [1.29, 1.82) is 0 Å². The molecule has 0 aromatic carbocycles. The standard InChI is InChI=1S/C10H17NO3/c12-7-1-2-8-6(5-7)3-4-11-9(8)10(13)14/h6-9,11-12H,1-5H2,(H,13,14). The largest absolute Gasteiger partial charge is 0.480 e. The molecule has 0 amide bonds. The summed E-state index contributed by atoms with van der Waals surface area (Å²) in [6, 6.07) is -0.388. The lowest BCUT2D eigenvalue weighted by Gasteiger charge is -2.41. The number of aliphatic hydroxyl groups is 1. The lowest BCUT2D eigenvalue weighted by atomic mass is 9.71. The van der Waals surface area contributed by atoms with Crippen molar-refractivity contribution in [3.8, 4) is 0 Å². The first kappa shape index (κ1) is 9.93. The lowest BCUT2D eigenvalue weighted by Crippen LogP contribution is -2.52. The van der Waals surface area contributed by atoms with Crippen molar-refractivity contribution in [2.24, 2.45) is 11.8 Å². The minimum atomic E-state index is -0.740. The van der Waals surface area contributed by atoms with Gasteiger partial charge in [0, 0.05) is 0 Å². The number of nitrogens with one attached hydrogen (secondary N) is 1. The molecule has 4 atom stereocenters. The average Bonchev–Trinajstić information content (AvgIpc) is 2.16. The molecule has 0 bridgehead atoms. The molecule has 0 aromatic heterocycles. The summed E-state index contributed by atoms with van der Waals surface area (Å²) in [7, 11) is 0. The molecule has 1 aliphatic carbocycles. The summed E-state index contributed by atoms with van der Waals surface area (Å²) in [5.41, 5.74) is 0. The second-order valence-corrected chi connectivity index (χ2v) is 4.45. The van der Waals surface area contributed by atoms with Gasteiger partial charge in [0.1, 0.15) is 6.04 Å². The molecule has 3 N–H and O–H groups in total. The molecule has 80 valence electrons. The van der Waals surface area contributed by atoms with Gasteiger partial charge in [0.2, 0.25) is 0 Å². The van der Waals surface area contributed by atoms with E-state index in [0.29, 0.717) is 5.92 Å². The second kappa shape index (κ2) is 3.87. The predicted molar refractivity (Wildman–Crippen MR) is 50.9 cm³/mol. The van der Waals surface area contributed by atoms with Crippen LogP contribution in [0.1, 0.15) is 25.7 Å². The van der Waals surface area contributed by atoms with E-state index in [1.54, 1.807) is 0 Å². The first-order valence-electron chi connectivity index (χ1n) is 5.32. The number of piperidine rings is 1. The summed E-state index contributed by atoms with van der Waals surface area (Å²) < 4.78 is 0. The van der Waals surface area contributed by atoms with Gasteiger partial charge in [-0.1, -0.05) is 0 Å². The number of carbonyl (C=O) groups is 1. The minimum Gasteiger partial charge on any atom is -0.480 e. The number of hydrogen-bond acceptors (Lipinski definition) is 3. The van der Waals surface area contributed by atoms with E-state index in [-0.39, 0.29) is 18.1 Å². The highest BCUT2D eigenvalue weighted by molar-refractivity contribution is 5.74. The van der Waals surface area contributed by atoms with Gasteiger partial charge >= 0.3 is 5.97 Å². The van der Waals surface area contributed by atoms with Crippen molar-refractivity contribution in [3.05, 3.63) is 0 Å². The van der Waals surface area contributed by atoms with E-state index in [1.807, 2.05) is 0 Å². The van der Waals surface area contributed by atoms with Crippen LogP contribution < -0.4 is 5.32 Å². The summed E-state index contributed by atoms with van der Waals surface area (Å²) >= 11 is 0. The third-order valence-electron chi connectivity index (χ3n) is 3.59. The number of rotatable bonds is 1. The van der Waals surface area contributed by atoms with Crippen molar-refractivity contribution in [2.45, 2.75) is 37.8 Å². The Kier molecular flexibility index (Phi) is 2.74. The topological polar surface area (TPSA) is 69.6 Å². The van der Waals surface area contributed by atoms with Crippen LogP contribution >= 0.6 is 0 Å². The molecule has 1 aliphatic heterocycles. The molecular formula is C10H17NO3. The molecule has 2 aliphatic rings. The molecule has 4 unspecified atom stereocenters. The van der Waals surface area contributed by atoms with Gasteiger partial charge in [0.25, 0.3) is 0 Å². The Morgan fingerprint density at radius 3 is 2.79 bits per heavy atom. The van der Waals surface area contributed by atoms with Gasteiger partial charge in [-0.05, 0) is 44.1 Å². The van der Waals surface area contributed by atoms with Crippen LogP contribution in [0.25, 0.3) is 0 Å². The zero-order valence-corrected chi connectivity index (χ0v) is 8.15. The highest BCUT2D eigenvalue weighted by atomic mass is 16.4. The summed E-state index contributed by atoms with van der Waals surface area (Å²) in [5.74, 6) is -0.109. The number of carboxylic acids is 1. The number of aliphatic carboxylic acids is 1. The minimum absolute atomic E-state index is 0.205. The van der Waals surface area contributed by atoms with Crippen LogP contribution in [0.5, 0.6) is 0 Å². The van der Waals surface area contributed by atoms with Crippen LogP contribution in [0.3, 0.4) is 0 Å². The number of fused-ring (bicyclic) bond motifs is 1. The highest BCUT2D eigenvalue weighted by Crippen LogP contribution is 2.36. The maximum absolute atomic E-state index is 11.0. The fourth-order valence-electron chi connectivity index (χ4n) is 2.88. The fraction of sp³-hybridized carbons (Fsp3) is 0.900. The number of aliphatic hydroxyl groups excluding tert-OH is 1. The van der Waals surface area contributed by atoms with Crippen LogP contribution in [0.4, 0.5) is 0 Å². The number of hydrogen-bond donors (Lipinski definition) is 3.